The maximum atomic E-state index is 14.5. The first-order valence-corrected chi connectivity index (χ1v) is 15.7. The van der Waals surface area contributed by atoms with Gasteiger partial charge in [0.1, 0.15) is 0 Å². The van der Waals surface area contributed by atoms with E-state index in [1.165, 1.54) is 0 Å². The molecule has 4 aromatic carbocycles. The summed E-state index contributed by atoms with van der Waals surface area (Å²) in [5, 5.41) is 19.0. The number of aromatic nitrogens is 5. The highest BCUT2D eigenvalue weighted by atomic mass is 35.5. The fourth-order valence-electron chi connectivity index (χ4n) is 6.28. The van der Waals surface area contributed by atoms with Gasteiger partial charge in [-0.15, -0.1) is 10.2 Å². The number of carbonyl (C=O) groups is 1. The van der Waals surface area contributed by atoms with Gasteiger partial charge in [-0.25, -0.2) is 4.98 Å². The number of benzene rings is 4. The van der Waals surface area contributed by atoms with Crippen LogP contribution in [0.1, 0.15) is 50.8 Å². The molecule has 1 atom stereocenters. The molecule has 48 heavy (non-hydrogen) atoms. The number of nitrogens with zero attached hydrogens (tertiary/aromatic N) is 4. The van der Waals surface area contributed by atoms with E-state index in [0.717, 1.165) is 50.0 Å². The Hall–Kier alpha value is -5.74. The van der Waals surface area contributed by atoms with Gasteiger partial charge >= 0.3 is 0 Å². The van der Waals surface area contributed by atoms with Crippen LogP contribution in [0.4, 0.5) is 0 Å². The van der Waals surface area contributed by atoms with Crippen LogP contribution in [0.15, 0.2) is 84.9 Å². The second-order valence-electron chi connectivity index (χ2n) is 11.3. The van der Waals surface area contributed by atoms with E-state index in [9.17, 15) is 4.79 Å². The van der Waals surface area contributed by atoms with Gasteiger partial charge in [0.2, 0.25) is 11.6 Å². The van der Waals surface area contributed by atoms with Crippen LogP contribution < -0.4 is 19.5 Å². The monoisotopic (exact) mass is 658 g/mol. The molecule has 11 heteroatoms. The Kier molecular flexibility index (Phi) is 8.48. The molecule has 2 N–H and O–H groups in total. The van der Waals surface area contributed by atoms with E-state index in [2.05, 4.69) is 32.0 Å². The minimum atomic E-state index is -0.492. The third-order valence-corrected chi connectivity index (χ3v) is 8.74. The molecule has 6 aromatic rings. The van der Waals surface area contributed by atoms with Crippen molar-refractivity contribution < 1.29 is 19.0 Å². The highest BCUT2D eigenvalue weighted by molar-refractivity contribution is 6.30. The lowest BCUT2D eigenvalue weighted by atomic mass is 9.95. The second kappa shape index (κ2) is 13.2. The van der Waals surface area contributed by atoms with Crippen LogP contribution in [0, 0.1) is 0 Å². The van der Waals surface area contributed by atoms with Crippen molar-refractivity contribution in [3.63, 3.8) is 0 Å². The maximum absolute atomic E-state index is 14.5. The van der Waals surface area contributed by atoms with Crippen molar-refractivity contribution in [1.82, 2.24) is 30.9 Å². The minimum absolute atomic E-state index is 0.203. The normalized spacial score (nSPS) is 13.7. The minimum Gasteiger partial charge on any atom is -0.493 e. The molecule has 0 aliphatic heterocycles. The van der Waals surface area contributed by atoms with E-state index in [1.54, 1.807) is 21.3 Å². The number of ether oxygens (including phenoxy) is 3. The summed E-state index contributed by atoms with van der Waals surface area (Å²) in [6.45, 7) is 0. The number of tetrazole rings is 1. The zero-order valence-electron chi connectivity index (χ0n) is 26.5. The summed E-state index contributed by atoms with van der Waals surface area (Å²) in [5.41, 5.74) is 7.46. The number of rotatable bonds is 9. The lowest BCUT2D eigenvalue weighted by Gasteiger charge is -2.22. The van der Waals surface area contributed by atoms with Crippen molar-refractivity contribution in [3.8, 4) is 28.6 Å². The molecular weight excluding hydrogens is 628 g/mol. The molecule has 1 amide bonds. The molecule has 0 spiro atoms. The standard InChI is InChI=1S/C37H31ClN6O4/c1-46-30-18-21(19-31(47-2)35(30)48-3)17-25-15-16-28-32(27-9-4-5-10-29(27)39-34(25)28)37(45)40-33(24-7-6-8-26(38)20-24)22-11-13-23(14-12-22)36-41-43-44-42-36/h4-14,17-20,33H,15-16H2,1-3H3,(H,40,45)(H,41,42,43,44)/b25-17+. The van der Waals surface area contributed by atoms with Crippen LogP contribution in [0.3, 0.4) is 0 Å². The largest absolute Gasteiger partial charge is 0.493 e. The fraction of sp³-hybridized carbons (Fsp3) is 0.162. The van der Waals surface area contributed by atoms with E-state index >= 15 is 0 Å². The van der Waals surface area contributed by atoms with Crippen LogP contribution in [-0.4, -0.2) is 52.8 Å². The molecule has 10 nitrogen and oxygen atoms in total. The fourth-order valence-corrected chi connectivity index (χ4v) is 6.48. The number of hydrogen-bond donors (Lipinski definition) is 2. The summed E-state index contributed by atoms with van der Waals surface area (Å²) < 4.78 is 16.7. The van der Waals surface area contributed by atoms with Gasteiger partial charge in [0.25, 0.3) is 5.91 Å². The van der Waals surface area contributed by atoms with Crippen LogP contribution in [0.5, 0.6) is 17.2 Å². The number of hydrogen-bond acceptors (Lipinski definition) is 8. The van der Waals surface area contributed by atoms with Crippen molar-refractivity contribution in [2.75, 3.05) is 21.3 Å². The molecule has 2 heterocycles. The third kappa shape index (κ3) is 5.82. The van der Waals surface area contributed by atoms with Crippen molar-refractivity contribution >= 4 is 40.1 Å². The Morgan fingerprint density at radius 1 is 0.896 bits per heavy atom. The first-order chi connectivity index (χ1) is 23.5. The van der Waals surface area contributed by atoms with Gasteiger partial charge in [-0.3, -0.25) is 4.79 Å². The molecule has 0 bridgehead atoms. The topological polar surface area (TPSA) is 124 Å². The highest BCUT2D eigenvalue weighted by Crippen LogP contribution is 2.42. The molecule has 0 saturated heterocycles. The molecule has 0 radical (unpaired) electrons. The lowest BCUT2D eigenvalue weighted by molar-refractivity contribution is 0.0943. The number of methoxy groups -OCH3 is 3. The Morgan fingerprint density at radius 3 is 2.35 bits per heavy atom. The summed E-state index contributed by atoms with van der Waals surface area (Å²) in [4.78, 5) is 19.6. The Balaban J connectivity index is 1.30. The summed E-state index contributed by atoms with van der Waals surface area (Å²) in [7, 11) is 4.77. The number of amides is 1. The van der Waals surface area contributed by atoms with E-state index in [4.69, 9.17) is 30.8 Å². The number of aromatic amines is 1. The number of allylic oxidation sites excluding steroid dienone is 1. The number of carbonyl (C=O) groups excluding carboxylic acids is 1. The first kappa shape index (κ1) is 30.9. The number of fused-ring (bicyclic) bond motifs is 2. The number of pyridine rings is 1. The number of para-hydroxylation sites is 1. The molecule has 240 valence electrons. The predicted molar refractivity (Wildman–Crippen MR) is 184 cm³/mol. The van der Waals surface area contributed by atoms with Gasteiger partial charge in [-0.05, 0) is 82.3 Å². The van der Waals surface area contributed by atoms with Gasteiger partial charge in [0.15, 0.2) is 11.5 Å². The SMILES string of the molecule is COc1cc(/C=C2\CCc3c2nc2ccccc2c3C(=O)NC(c2ccc(-c3nn[nH]n3)cc2)c2cccc(Cl)c2)cc(OC)c1OC. The molecule has 2 aromatic heterocycles. The van der Waals surface area contributed by atoms with Crippen LogP contribution in [-0.2, 0) is 6.42 Å². The summed E-state index contributed by atoms with van der Waals surface area (Å²) in [5.74, 6) is 1.93. The van der Waals surface area contributed by atoms with Gasteiger partial charge in [0.05, 0.1) is 44.1 Å². The Bertz CT molecular complexity index is 2140. The van der Waals surface area contributed by atoms with Gasteiger partial charge in [-0.1, -0.05) is 66.2 Å². The van der Waals surface area contributed by atoms with Crippen LogP contribution in [0.25, 0.3) is 33.9 Å². The summed E-state index contributed by atoms with van der Waals surface area (Å²) in [6.07, 6.45) is 3.44. The van der Waals surface area contributed by atoms with E-state index in [-0.39, 0.29) is 5.91 Å². The number of halogens is 1. The average molecular weight is 659 g/mol. The molecule has 1 aliphatic carbocycles. The van der Waals surface area contributed by atoms with Crippen molar-refractivity contribution in [2.45, 2.75) is 18.9 Å². The first-order valence-electron chi connectivity index (χ1n) is 15.3. The molecule has 0 fully saturated rings. The smallest absolute Gasteiger partial charge is 0.253 e. The maximum Gasteiger partial charge on any atom is 0.253 e. The third-order valence-electron chi connectivity index (χ3n) is 8.50. The molecule has 1 aliphatic rings. The summed E-state index contributed by atoms with van der Waals surface area (Å²) >= 11 is 6.44. The predicted octanol–water partition coefficient (Wildman–Crippen LogP) is 7.10. The molecule has 1 unspecified atom stereocenters. The van der Waals surface area contributed by atoms with Crippen LogP contribution >= 0.6 is 11.6 Å². The zero-order chi connectivity index (χ0) is 33.2. The number of H-pyrrole nitrogens is 1. The average Bonchev–Trinajstić information content (AvgIpc) is 3.80. The Labute approximate surface area is 281 Å². The highest BCUT2D eigenvalue weighted by Gasteiger charge is 2.29. The lowest BCUT2D eigenvalue weighted by Crippen LogP contribution is -2.30. The zero-order valence-corrected chi connectivity index (χ0v) is 27.2. The van der Waals surface area contributed by atoms with E-state index < -0.39 is 6.04 Å². The summed E-state index contributed by atoms with van der Waals surface area (Å²) in [6, 6.07) is 26.3. The van der Waals surface area contributed by atoms with E-state index in [1.807, 2.05) is 84.9 Å². The van der Waals surface area contributed by atoms with Crippen LogP contribution in [0.2, 0.25) is 5.02 Å². The molecule has 7 rings (SSSR count). The Morgan fingerprint density at radius 2 is 1.67 bits per heavy atom. The van der Waals surface area contributed by atoms with Gasteiger partial charge < -0.3 is 19.5 Å². The number of nitrogens with one attached hydrogen (secondary N) is 2. The second-order valence-corrected chi connectivity index (χ2v) is 11.7. The quantitative estimate of drug-likeness (QED) is 0.169. The van der Waals surface area contributed by atoms with Crippen molar-refractivity contribution in [1.29, 1.82) is 0 Å². The van der Waals surface area contributed by atoms with Crippen molar-refractivity contribution in [3.05, 3.63) is 123 Å². The van der Waals surface area contributed by atoms with E-state index in [0.29, 0.717) is 46.5 Å². The molecular formula is C37H31ClN6O4. The van der Waals surface area contributed by atoms with Gasteiger partial charge in [0, 0.05) is 16.0 Å². The van der Waals surface area contributed by atoms with Crippen molar-refractivity contribution in [2.24, 2.45) is 0 Å². The van der Waals surface area contributed by atoms with Gasteiger partial charge in [-0.2, -0.15) is 5.21 Å². The molecule has 0 saturated carbocycles.